The quantitative estimate of drug-likeness (QED) is 0.746. The van der Waals surface area contributed by atoms with Crippen molar-refractivity contribution in [3.8, 4) is 0 Å². The van der Waals surface area contributed by atoms with Gasteiger partial charge in [0.2, 0.25) is 0 Å². The van der Waals surface area contributed by atoms with Gasteiger partial charge in [0, 0.05) is 11.8 Å². The van der Waals surface area contributed by atoms with E-state index in [1.165, 1.54) is 29.0 Å². The van der Waals surface area contributed by atoms with E-state index in [1.807, 2.05) is 0 Å². The molecule has 0 aliphatic carbocycles. The van der Waals surface area contributed by atoms with E-state index in [0.29, 0.717) is 11.3 Å². The molecule has 124 valence electrons. The molecular weight excluding hydrogens is 320 g/mol. The summed E-state index contributed by atoms with van der Waals surface area (Å²) in [5.41, 5.74) is 0.548. The van der Waals surface area contributed by atoms with E-state index in [1.54, 1.807) is 0 Å². The number of nitrogens with one attached hydrogen (secondary N) is 1. The Labute approximate surface area is 134 Å². The van der Waals surface area contributed by atoms with Gasteiger partial charge in [-0.05, 0) is 24.5 Å². The third-order valence-corrected chi connectivity index (χ3v) is 3.77. The Morgan fingerprint density at radius 2 is 2.08 bits per heavy atom. The monoisotopic (exact) mass is 333 g/mol. The van der Waals surface area contributed by atoms with Crippen LogP contribution >= 0.6 is 0 Å². The zero-order valence-electron chi connectivity index (χ0n) is 12.4. The average molecular weight is 333 g/mol. The molecule has 0 bridgehead atoms. The number of fused-ring (bicyclic) bond motifs is 1. The third kappa shape index (κ3) is 2.90. The van der Waals surface area contributed by atoms with Crippen LogP contribution in [0.5, 0.6) is 0 Å². The van der Waals surface area contributed by atoms with Crippen LogP contribution in [-0.4, -0.2) is 25.8 Å². The van der Waals surface area contributed by atoms with Crippen LogP contribution in [0.1, 0.15) is 11.3 Å². The predicted molar refractivity (Wildman–Crippen MR) is 81.8 cm³/mol. The lowest BCUT2D eigenvalue weighted by Crippen LogP contribution is -2.19. The first-order chi connectivity index (χ1) is 11.5. The molecule has 0 saturated heterocycles. The van der Waals surface area contributed by atoms with Gasteiger partial charge >= 0.3 is 5.97 Å². The van der Waals surface area contributed by atoms with Crippen LogP contribution in [-0.2, 0) is 24.2 Å². The van der Waals surface area contributed by atoms with Crippen molar-refractivity contribution in [3.05, 3.63) is 63.6 Å². The highest BCUT2D eigenvalue weighted by Gasteiger charge is 2.14. The van der Waals surface area contributed by atoms with Crippen molar-refractivity contribution >= 4 is 17.0 Å². The van der Waals surface area contributed by atoms with E-state index in [-0.39, 0.29) is 35.8 Å². The van der Waals surface area contributed by atoms with Crippen molar-refractivity contribution in [2.75, 3.05) is 0 Å². The van der Waals surface area contributed by atoms with Gasteiger partial charge in [-0.25, -0.2) is 8.78 Å². The molecule has 0 saturated carbocycles. The summed E-state index contributed by atoms with van der Waals surface area (Å²) in [7, 11) is 0. The van der Waals surface area contributed by atoms with Gasteiger partial charge in [0.15, 0.2) is 17.1 Å². The number of aromatic nitrogens is 3. The first kappa shape index (κ1) is 15.9. The van der Waals surface area contributed by atoms with Gasteiger partial charge in [-0.15, -0.1) is 0 Å². The third-order valence-electron chi connectivity index (χ3n) is 3.77. The normalized spacial score (nSPS) is 11.1. The molecule has 0 aliphatic rings. The number of carboxylic acids is 1. The van der Waals surface area contributed by atoms with E-state index < -0.39 is 17.6 Å². The van der Waals surface area contributed by atoms with Gasteiger partial charge in [-0.1, -0.05) is 12.1 Å². The smallest absolute Gasteiger partial charge is 0.323 e. The second kappa shape index (κ2) is 6.23. The standard InChI is InChI=1S/C16H13F2N3O3/c17-12-3-1-2-9(15(12)18)4-5-10-6-13(22)11-7-19-20-16(11)21(10)8-14(23)24/h1-3,6-7H,4-5,8H2,(H,19,20)(H,23,24). The lowest BCUT2D eigenvalue weighted by Gasteiger charge is -2.13. The van der Waals surface area contributed by atoms with E-state index in [2.05, 4.69) is 10.2 Å². The maximum Gasteiger partial charge on any atom is 0.323 e. The highest BCUT2D eigenvalue weighted by molar-refractivity contribution is 5.77. The molecule has 6 nitrogen and oxygen atoms in total. The molecule has 2 aromatic heterocycles. The lowest BCUT2D eigenvalue weighted by atomic mass is 10.1. The minimum atomic E-state index is -1.09. The molecule has 0 atom stereocenters. The number of benzene rings is 1. The van der Waals surface area contributed by atoms with Crippen molar-refractivity contribution < 1.29 is 18.7 Å². The van der Waals surface area contributed by atoms with Gasteiger partial charge in [0.25, 0.3) is 0 Å². The number of pyridine rings is 1. The van der Waals surface area contributed by atoms with Gasteiger partial charge in [0.1, 0.15) is 12.2 Å². The summed E-state index contributed by atoms with van der Waals surface area (Å²) in [6.07, 6.45) is 1.63. The molecule has 0 spiro atoms. The van der Waals surface area contributed by atoms with Crippen molar-refractivity contribution in [3.63, 3.8) is 0 Å². The molecule has 8 heteroatoms. The second-order valence-corrected chi connectivity index (χ2v) is 5.33. The summed E-state index contributed by atoms with van der Waals surface area (Å²) < 4.78 is 28.4. The topological polar surface area (TPSA) is 88.0 Å². The minimum absolute atomic E-state index is 0.127. The molecule has 0 aliphatic heterocycles. The van der Waals surface area contributed by atoms with Crippen LogP contribution in [0.3, 0.4) is 0 Å². The Morgan fingerprint density at radius 3 is 2.83 bits per heavy atom. The predicted octanol–water partition coefficient (Wildman–Crippen LogP) is 1.87. The highest BCUT2D eigenvalue weighted by atomic mass is 19.2. The number of carboxylic acid groups (broad SMARTS) is 1. The molecule has 0 amide bonds. The number of aryl methyl sites for hydroxylation is 2. The van der Waals surface area contributed by atoms with Crippen LogP contribution in [0.25, 0.3) is 11.0 Å². The van der Waals surface area contributed by atoms with Gasteiger partial charge in [-0.3, -0.25) is 14.7 Å². The fourth-order valence-electron chi connectivity index (χ4n) is 2.64. The molecule has 3 aromatic rings. The number of aliphatic carboxylic acids is 1. The molecule has 24 heavy (non-hydrogen) atoms. The van der Waals surface area contributed by atoms with Crippen LogP contribution in [0.15, 0.2) is 35.3 Å². The molecule has 2 heterocycles. The van der Waals surface area contributed by atoms with Crippen LogP contribution in [0.2, 0.25) is 0 Å². The summed E-state index contributed by atoms with van der Waals surface area (Å²) in [5, 5.41) is 15.7. The number of halogens is 2. The maximum atomic E-state index is 13.7. The number of nitrogens with zero attached hydrogens (tertiary/aromatic N) is 2. The van der Waals surface area contributed by atoms with Crippen molar-refractivity contribution in [1.29, 1.82) is 0 Å². The Bertz CT molecular complexity index is 978. The summed E-state index contributed by atoms with van der Waals surface area (Å²) in [6.45, 7) is -0.375. The zero-order chi connectivity index (χ0) is 17.3. The summed E-state index contributed by atoms with van der Waals surface area (Å²) in [4.78, 5) is 23.2. The number of carbonyl (C=O) groups is 1. The summed E-state index contributed by atoms with van der Waals surface area (Å²) in [6, 6.07) is 5.18. The number of aromatic amines is 1. The van der Waals surface area contributed by atoms with Crippen LogP contribution < -0.4 is 5.43 Å². The van der Waals surface area contributed by atoms with Gasteiger partial charge in [-0.2, -0.15) is 5.10 Å². The van der Waals surface area contributed by atoms with Crippen molar-refractivity contribution in [1.82, 2.24) is 14.8 Å². The fourth-order valence-corrected chi connectivity index (χ4v) is 2.64. The summed E-state index contributed by atoms with van der Waals surface area (Å²) in [5.74, 6) is -2.97. The highest BCUT2D eigenvalue weighted by Crippen LogP contribution is 2.16. The number of hydrogen-bond acceptors (Lipinski definition) is 3. The van der Waals surface area contributed by atoms with Gasteiger partial charge < -0.3 is 9.67 Å². The lowest BCUT2D eigenvalue weighted by molar-refractivity contribution is -0.137. The Kier molecular flexibility index (Phi) is 4.11. The van der Waals surface area contributed by atoms with E-state index in [0.717, 1.165) is 6.07 Å². The molecule has 0 unspecified atom stereocenters. The van der Waals surface area contributed by atoms with Crippen molar-refractivity contribution in [2.24, 2.45) is 0 Å². The Morgan fingerprint density at radius 1 is 1.29 bits per heavy atom. The zero-order valence-corrected chi connectivity index (χ0v) is 12.4. The SMILES string of the molecule is O=C(O)Cn1c(CCc2cccc(F)c2F)cc(=O)c2cn[nH]c21. The summed E-state index contributed by atoms with van der Waals surface area (Å²) >= 11 is 0. The van der Waals surface area contributed by atoms with E-state index in [9.17, 15) is 18.4 Å². The molecule has 1 aromatic carbocycles. The van der Waals surface area contributed by atoms with E-state index >= 15 is 0 Å². The van der Waals surface area contributed by atoms with Crippen molar-refractivity contribution in [2.45, 2.75) is 19.4 Å². The second-order valence-electron chi connectivity index (χ2n) is 5.33. The molecule has 0 fully saturated rings. The van der Waals surface area contributed by atoms with Crippen LogP contribution in [0, 0.1) is 11.6 Å². The first-order valence-corrected chi connectivity index (χ1v) is 7.18. The van der Waals surface area contributed by atoms with E-state index in [4.69, 9.17) is 5.11 Å². The number of hydrogen-bond donors (Lipinski definition) is 2. The largest absolute Gasteiger partial charge is 0.480 e. The Balaban J connectivity index is 2.00. The fraction of sp³-hybridized carbons (Fsp3) is 0.188. The van der Waals surface area contributed by atoms with Gasteiger partial charge in [0.05, 0.1) is 11.6 Å². The molecule has 3 rings (SSSR count). The molecular formula is C16H13F2N3O3. The number of H-pyrrole nitrogens is 1. The first-order valence-electron chi connectivity index (χ1n) is 7.18. The molecule has 0 radical (unpaired) electrons. The Hall–Kier alpha value is -3.03. The maximum absolute atomic E-state index is 13.7. The average Bonchev–Trinajstić information content (AvgIpc) is 3.02. The minimum Gasteiger partial charge on any atom is -0.480 e. The number of rotatable bonds is 5. The molecule has 2 N–H and O–H groups in total. The van der Waals surface area contributed by atoms with Crippen LogP contribution in [0.4, 0.5) is 8.78 Å².